The summed E-state index contributed by atoms with van der Waals surface area (Å²) in [5, 5.41) is 5.52. The lowest BCUT2D eigenvalue weighted by atomic mass is 9.88. The minimum Gasteiger partial charge on any atom is -0.459 e. The zero-order valence-electron chi connectivity index (χ0n) is 17.6. The predicted octanol–water partition coefficient (Wildman–Crippen LogP) is 3.18. The van der Waals surface area contributed by atoms with E-state index in [2.05, 4.69) is 10.6 Å². The van der Waals surface area contributed by atoms with Crippen molar-refractivity contribution in [3.63, 3.8) is 0 Å². The normalized spacial score (nSPS) is 15.6. The second kappa shape index (κ2) is 8.69. The van der Waals surface area contributed by atoms with Gasteiger partial charge in [0.2, 0.25) is 0 Å². The van der Waals surface area contributed by atoms with Crippen molar-refractivity contribution in [1.82, 2.24) is 10.6 Å². The molecule has 2 amide bonds. The summed E-state index contributed by atoms with van der Waals surface area (Å²) in [6, 6.07) is 15.9. The van der Waals surface area contributed by atoms with Crippen molar-refractivity contribution < 1.29 is 19.1 Å². The van der Waals surface area contributed by atoms with E-state index in [0.717, 1.165) is 16.7 Å². The number of carbonyl (C=O) groups is 3. The van der Waals surface area contributed by atoms with Gasteiger partial charge >= 0.3 is 12.0 Å². The zero-order valence-corrected chi connectivity index (χ0v) is 17.6. The van der Waals surface area contributed by atoms with Crippen molar-refractivity contribution in [2.24, 2.45) is 5.41 Å². The molecule has 2 aromatic carbocycles. The summed E-state index contributed by atoms with van der Waals surface area (Å²) < 4.78 is 5.60. The Hall–Kier alpha value is -3.15. The molecule has 6 heteroatoms. The van der Waals surface area contributed by atoms with Gasteiger partial charge in [0.15, 0.2) is 0 Å². The quantitative estimate of drug-likeness (QED) is 0.568. The Morgan fingerprint density at radius 3 is 2.13 bits per heavy atom. The highest BCUT2D eigenvalue weighted by atomic mass is 16.5. The van der Waals surface area contributed by atoms with Gasteiger partial charge in [0, 0.05) is 12.8 Å². The lowest BCUT2D eigenvalue weighted by Crippen LogP contribution is -2.61. The van der Waals surface area contributed by atoms with Crippen molar-refractivity contribution in [2.75, 3.05) is 0 Å². The van der Waals surface area contributed by atoms with Gasteiger partial charge in [-0.05, 0) is 22.1 Å². The van der Waals surface area contributed by atoms with Crippen LogP contribution in [0.5, 0.6) is 0 Å². The maximum absolute atomic E-state index is 13.2. The summed E-state index contributed by atoms with van der Waals surface area (Å²) in [4.78, 5) is 37.4. The smallest absolute Gasteiger partial charge is 0.332 e. The second-order valence-electron chi connectivity index (χ2n) is 8.84. The summed E-state index contributed by atoms with van der Waals surface area (Å²) in [5.41, 5.74) is 1.20. The minimum atomic E-state index is -1.21. The second-order valence-corrected chi connectivity index (χ2v) is 8.84. The number of nitrogens with one attached hydrogen (secondary N) is 2. The molecule has 1 unspecified atom stereocenters. The average molecular weight is 408 g/mol. The van der Waals surface area contributed by atoms with E-state index in [1.807, 2.05) is 75.4 Å². The predicted molar refractivity (Wildman–Crippen MR) is 114 cm³/mol. The molecule has 0 spiro atoms. The molecule has 0 saturated carbocycles. The fourth-order valence-electron chi connectivity index (χ4n) is 3.61. The van der Waals surface area contributed by atoms with Crippen LogP contribution in [0.3, 0.4) is 0 Å². The van der Waals surface area contributed by atoms with E-state index >= 15 is 0 Å². The first-order valence-electron chi connectivity index (χ1n) is 10.1. The van der Waals surface area contributed by atoms with Gasteiger partial charge in [-0.1, -0.05) is 75.4 Å². The molecule has 2 N–H and O–H groups in total. The third-order valence-electron chi connectivity index (χ3n) is 5.41. The number of hydrogen-bond acceptors (Lipinski definition) is 4. The highest BCUT2D eigenvalue weighted by Gasteiger charge is 2.47. The molecule has 158 valence electrons. The van der Waals surface area contributed by atoms with Crippen LogP contribution in [-0.4, -0.2) is 29.9 Å². The van der Waals surface area contributed by atoms with Gasteiger partial charge in [-0.3, -0.25) is 0 Å². The van der Waals surface area contributed by atoms with Gasteiger partial charge in [-0.25, -0.2) is 9.59 Å². The number of benzene rings is 2. The van der Waals surface area contributed by atoms with E-state index in [1.165, 1.54) is 0 Å². The standard InChI is InChI=1S/C24H28N2O4/c1-23(2,3)20(15-27)25-22(29)26-24(13-18-11-7-8-12-19(18)14-24)21(28)30-16-17-9-5-4-6-10-17/h4-12,15,20H,13-14,16H2,1-3H3,(H2,25,26,29). The molecule has 0 heterocycles. The lowest BCUT2D eigenvalue weighted by Gasteiger charge is -2.31. The number of rotatable bonds is 6. The van der Waals surface area contributed by atoms with Crippen LogP contribution in [-0.2, 0) is 33.8 Å². The highest BCUT2D eigenvalue weighted by molar-refractivity contribution is 5.90. The van der Waals surface area contributed by atoms with E-state index < -0.39 is 29.0 Å². The summed E-state index contributed by atoms with van der Waals surface area (Å²) >= 11 is 0. The minimum absolute atomic E-state index is 0.125. The number of ether oxygens (including phenoxy) is 1. The first-order chi connectivity index (χ1) is 14.2. The molecule has 0 aromatic heterocycles. The van der Waals surface area contributed by atoms with E-state index in [1.54, 1.807) is 0 Å². The summed E-state index contributed by atoms with van der Waals surface area (Å²) in [6.45, 7) is 5.71. The van der Waals surface area contributed by atoms with Gasteiger partial charge in [-0.2, -0.15) is 0 Å². The fraction of sp³-hybridized carbons (Fsp3) is 0.375. The Labute approximate surface area is 177 Å². The Bertz CT molecular complexity index is 893. The summed E-state index contributed by atoms with van der Waals surface area (Å²) in [5.74, 6) is -0.490. The van der Waals surface area contributed by atoms with Gasteiger partial charge in [0.25, 0.3) is 0 Å². The molecule has 0 bridgehead atoms. The molecule has 0 aliphatic heterocycles. The third-order valence-corrected chi connectivity index (χ3v) is 5.41. The molecule has 0 fully saturated rings. The summed E-state index contributed by atoms with van der Waals surface area (Å²) in [7, 11) is 0. The molecule has 3 rings (SSSR count). The highest BCUT2D eigenvalue weighted by Crippen LogP contribution is 2.31. The van der Waals surface area contributed by atoms with Crippen molar-refractivity contribution >= 4 is 18.3 Å². The monoisotopic (exact) mass is 408 g/mol. The molecule has 30 heavy (non-hydrogen) atoms. The number of carbonyl (C=O) groups excluding carboxylic acids is 3. The molecule has 0 saturated heterocycles. The Kier molecular flexibility index (Phi) is 6.25. The van der Waals surface area contributed by atoms with Gasteiger partial charge in [0.05, 0.1) is 6.04 Å². The zero-order chi connectivity index (χ0) is 21.8. The fourth-order valence-corrected chi connectivity index (χ4v) is 3.61. The average Bonchev–Trinajstić information content (AvgIpc) is 3.09. The lowest BCUT2D eigenvalue weighted by molar-refractivity contribution is -0.152. The first-order valence-corrected chi connectivity index (χ1v) is 10.1. The van der Waals surface area contributed by atoms with Crippen molar-refractivity contribution in [1.29, 1.82) is 0 Å². The topological polar surface area (TPSA) is 84.5 Å². The molecule has 1 aliphatic carbocycles. The van der Waals surface area contributed by atoms with Crippen LogP contribution in [0.25, 0.3) is 0 Å². The molecule has 1 atom stereocenters. The largest absolute Gasteiger partial charge is 0.459 e. The number of fused-ring (bicyclic) bond motifs is 1. The number of amides is 2. The molecule has 2 aromatic rings. The van der Waals surface area contributed by atoms with Crippen LogP contribution in [0.1, 0.15) is 37.5 Å². The van der Waals surface area contributed by atoms with Crippen molar-refractivity contribution in [2.45, 2.75) is 51.8 Å². The molecule has 0 radical (unpaired) electrons. The van der Waals surface area contributed by atoms with Crippen LogP contribution in [0.2, 0.25) is 0 Å². The van der Waals surface area contributed by atoms with Gasteiger partial charge in [-0.15, -0.1) is 0 Å². The number of hydrogen-bond donors (Lipinski definition) is 2. The molecular weight excluding hydrogens is 380 g/mol. The van der Waals surface area contributed by atoms with Crippen LogP contribution in [0.15, 0.2) is 54.6 Å². The molecule has 6 nitrogen and oxygen atoms in total. The van der Waals surface area contributed by atoms with Crippen LogP contribution in [0.4, 0.5) is 4.79 Å². The number of aldehydes is 1. The Morgan fingerprint density at radius 2 is 1.60 bits per heavy atom. The van der Waals surface area contributed by atoms with E-state index in [9.17, 15) is 14.4 Å². The van der Waals surface area contributed by atoms with Crippen LogP contribution in [0, 0.1) is 5.41 Å². The van der Waals surface area contributed by atoms with Crippen molar-refractivity contribution in [3.05, 3.63) is 71.3 Å². The van der Waals surface area contributed by atoms with Crippen LogP contribution < -0.4 is 10.6 Å². The number of urea groups is 1. The van der Waals surface area contributed by atoms with E-state index in [0.29, 0.717) is 19.1 Å². The van der Waals surface area contributed by atoms with E-state index in [-0.39, 0.29) is 6.61 Å². The Balaban J connectivity index is 1.78. The Morgan fingerprint density at radius 1 is 1.03 bits per heavy atom. The number of esters is 1. The van der Waals surface area contributed by atoms with Crippen molar-refractivity contribution in [3.8, 4) is 0 Å². The van der Waals surface area contributed by atoms with E-state index in [4.69, 9.17) is 4.74 Å². The molecular formula is C24H28N2O4. The van der Waals surface area contributed by atoms with Gasteiger partial charge in [0.1, 0.15) is 18.4 Å². The van der Waals surface area contributed by atoms with Crippen LogP contribution >= 0.6 is 0 Å². The SMILES string of the molecule is CC(C)(C)C(C=O)NC(=O)NC1(C(=O)OCc2ccccc2)Cc2ccccc2C1. The van der Waals surface area contributed by atoms with Gasteiger partial charge < -0.3 is 20.2 Å². The summed E-state index contributed by atoms with van der Waals surface area (Å²) in [6.07, 6.45) is 1.39. The third kappa shape index (κ3) is 4.87. The first kappa shape index (κ1) is 21.6. The molecule has 1 aliphatic rings. The maximum atomic E-state index is 13.2. The maximum Gasteiger partial charge on any atom is 0.332 e.